The van der Waals surface area contributed by atoms with Crippen molar-refractivity contribution in [3.05, 3.63) is 33.5 Å². The molecule has 1 aliphatic carbocycles. The Hall–Kier alpha value is -0.900. The van der Waals surface area contributed by atoms with Gasteiger partial charge in [-0.05, 0) is 47.3 Å². The molecule has 1 saturated carbocycles. The molecule has 98 valence electrons. The van der Waals surface area contributed by atoms with Crippen LogP contribution >= 0.6 is 15.9 Å². The van der Waals surface area contributed by atoms with Gasteiger partial charge in [0, 0.05) is 5.56 Å². The maximum Gasteiger partial charge on any atom is 0.314 e. The van der Waals surface area contributed by atoms with Gasteiger partial charge in [0.05, 0.1) is 9.89 Å². The Kier molecular flexibility index (Phi) is 3.76. The fourth-order valence-corrected chi connectivity index (χ4v) is 3.40. The Bertz CT molecular complexity index is 479. The summed E-state index contributed by atoms with van der Waals surface area (Å²) >= 11 is 3.17. The second-order valence-corrected chi connectivity index (χ2v) is 5.91. The third-order valence-electron chi connectivity index (χ3n) is 3.80. The second-order valence-electron chi connectivity index (χ2n) is 5.06. The standard InChI is InChI=1S/C14H16BrFO2/c1-9-7-10(12(16)11(15)8-9)14(13(17)18)5-3-2-4-6-14/h7-8H,2-6H2,1H3,(H,17,18). The minimum absolute atomic E-state index is 0.335. The van der Waals surface area contributed by atoms with Crippen LogP contribution in [0.3, 0.4) is 0 Å². The molecule has 1 aliphatic rings. The van der Waals surface area contributed by atoms with Crippen LogP contribution in [0.2, 0.25) is 0 Å². The Labute approximate surface area is 114 Å². The number of benzene rings is 1. The predicted molar refractivity (Wildman–Crippen MR) is 71.2 cm³/mol. The first-order chi connectivity index (χ1) is 8.47. The molecule has 0 bridgehead atoms. The van der Waals surface area contributed by atoms with Gasteiger partial charge in [-0.25, -0.2) is 4.39 Å². The Morgan fingerprint density at radius 1 is 1.33 bits per heavy atom. The van der Waals surface area contributed by atoms with E-state index in [2.05, 4.69) is 15.9 Å². The molecule has 0 spiro atoms. The van der Waals surface area contributed by atoms with Crippen molar-refractivity contribution in [2.24, 2.45) is 0 Å². The minimum atomic E-state index is -1.04. The van der Waals surface area contributed by atoms with E-state index in [0.717, 1.165) is 24.8 Å². The van der Waals surface area contributed by atoms with Crippen molar-refractivity contribution in [1.82, 2.24) is 0 Å². The highest BCUT2D eigenvalue weighted by Gasteiger charge is 2.43. The van der Waals surface area contributed by atoms with Gasteiger partial charge in [-0.3, -0.25) is 4.79 Å². The normalized spacial score (nSPS) is 18.6. The maximum absolute atomic E-state index is 14.3. The molecule has 1 aromatic carbocycles. The third kappa shape index (κ3) is 2.18. The number of aryl methyl sites for hydroxylation is 1. The highest BCUT2D eigenvalue weighted by Crippen LogP contribution is 2.42. The number of carboxylic acid groups (broad SMARTS) is 1. The van der Waals surface area contributed by atoms with Crippen LogP contribution in [0.1, 0.15) is 43.2 Å². The molecule has 0 aromatic heterocycles. The first-order valence-electron chi connectivity index (χ1n) is 6.17. The van der Waals surface area contributed by atoms with Gasteiger partial charge in [-0.1, -0.05) is 25.3 Å². The van der Waals surface area contributed by atoms with Gasteiger partial charge in [0.2, 0.25) is 0 Å². The van der Waals surface area contributed by atoms with Gasteiger partial charge in [-0.15, -0.1) is 0 Å². The summed E-state index contributed by atoms with van der Waals surface area (Å²) in [5.74, 6) is -1.33. The van der Waals surface area contributed by atoms with Crippen molar-refractivity contribution in [3.63, 3.8) is 0 Å². The van der Waals surface area contributed by atoms with Crippen molar-refractivity contribution in [2.45, 2.75) is 44.4 Å². The molecule has 2 rings (SSSR count). The monoisotopic (exact) mass is 314 g/mol. The molecule has 1 N–H and O–H groups in total. The molecule has 2 nitrogen and oxygen atoms in total. The number of halogens is 2. The summed E-state index contributed by atoms with van der Waals surface area (Å²) in [6.07, 6.45) is 3.77. The number of aliphatic carboxylic acids is 1. The zero-order valence-electron chi connectivity index (χ0n) is 10.3. The highest BCUT2D eigenvalue weighted by molar-refractivity contribution is 9.10. The third-order valence-corrected chi connectivity index (χ3v) is 4.38. The smallest absolute Gasteiger partial charge is 0.314 e. The van der Waals surface area contributed by atoms with E-state index in [1.54, 1.807) is 12.1 Å². The second kappa shape index (κ2) is 5.00. The molecule has 0 unspecified atom stereocenters. The summed E-state index contributed by atoms with van der Waals surface area (Å²) < 4.78 is 14.6. The average Bonchev–Trinajstić information content (AvgIpc) is 2.34. The van der Waals surface area contributed by atoms with Crippen LogP contribution in [-0.2, 0) is 10.2 Å². The molecular formula is C14H16BrFO2. The lowest BCUT2D eigenvalue weighted by Gasteiger charge is -2.34. The van der Waals surface area contributed by atoms with Gasteiger partial charge in [0.15, 0.2) is 0 Å². The lowest BCUT2D eigenvalue weighted by atomic mass is 9.69. The Morgan fingerprint density at radius 2 is 1.94 bits per heavy atom. The number of carbonyl (C=O) groups is 1. The van der Waals surface area contributed by atoms with Crippen molar-refractivity contribution in [2.75, 3.05) is 0 Å². The molecule has 0 atom stereocenters. The fraction of sp³-hybridized carbons (Fsp3) is 0.500. The molecule has 0 saturated heterocycles. The number of rotatable bonds is 2. The first kappa shape index (κ1) is 13.5. The van der Waals surface area contributed by atoms with E-state index in [4.69, 9.17) is 0 Å². The highest BCUT2D eigenvalue weighted by atomic mass is 79.9. The number of carboxylic acids is 1. The largest absolute Gasteiger partial charge is 0.481 e. The topological polar surface area (TPSA) is 37.3 Å². The summed E-state index contributed by atoms with van der Waals surface area (Å²) in [4.78, 5) is 11.7. The van der Waals surface area contributed by atoms with E-state index in [1.165, 1.54) is 0 Å². The first-order valence-corrected chi connectivity index (χ1v) is 6.96. The summed E-state index contributed by atoms with van der Waals surface area (Å²) in [6, 6.07) is 3.36. The van der Waals surface area contributed by atoms with Gasteiger partial charge < -0.3 is 5.11 Å². The van der Waals surface area contributed by atoms with Crippen LogP contribution in [0.25, 0.3) is 0 Å². The number of hydrogen-bond donors (Lipinski definition) is 1. The fourth-order valence-electron chi connectivity index (χ4n) is 2.83. The summed E-state index contributed by atoms with van der Waals surface area (Å²) in [5.41, 5.74) is 0.169. The van der Waals surface area contributed by atoms with Crippen molar-refractivity contribution in [3.8, 4) is 0 Å². The van der Waals surface area contributed by atoms with E-state index in [9.17, 15) is 14.3 Å². The van der Waals surface area contributed by atoms with Crippen LogP contribution in [0, 0.1) is 12.7 Å². The molecular weight excluding hydrogens is 299 g/mol. The molecule has 0 amide bonds. The van der Waals surface area contributed by atoms with Gasteiger partial charge in [0.1, 0.15) is 5.82 Å². The molecule has 4 heteroatoms. The summed E-state index contributed by atoms with van der Waals surface area (Å²) in [5, 5.41) is 9.57. The average molecular weight is 315 g/mol. The lowest BCUT2D eigenvalue weighted by molar-refractivity contribution is -0.145. The van der Waals surface area contributed by atoms with E-state index in [0.29, 0.717) is 22.9 Å². The van der Waals surface area contributed by atoms with Crippen LogP contribution in [0.15, 0.2) is 16.6 Å². The zero-order chi connectivity index (χ0) is 13.3. The lowest BCUT2D eigenvalue weighted by Crippen LogP contribution is -2.38. The van der Waals surface area contributed by atoms with E-state index < -0.39 is 17.2 Å². The molecule has 1 fully saturated rings. The Balaban J connectivity index is 2.59. The molecule has 0 radical (unpaired) electrons. The molecule has 1 aromatic rings. The molecule has 18 heavy (non-hydrogen) atoms. The van der Waals surface area contributed by atoms with Crippen LogP contribution in [-0.4, -0.2) is 11.1 Å². The molecule has 0 heterocycles. The van der Waals surface area contributed by atoms with Crippen LogP contribution in [0.4, 0.5) is 4.39 Å². The van der Waals surface area contributed by atoms with Crippen molar-refractivity contribution in [1.29, 1.82) is 0 Å². The zero-order valence-corrected chi connectivity index (χ0v) is 11.9. The van der Waals surface area contributed by atoms with Crippen molar-refractivity contribution >= 4 is 21.9 Å². The predicted octanol–water partition coefficient (Wildman–Crippen LogP) is 4.18. The van der Waals surface area contributed by atoms with E-state index >= 15 is 0 Å². The van der Waals surface area contributed by atoms with Crippen LogP contribution in [0.5, 0.6) is 0 Å². The quantitative estimate of drug-likeness (QED) is 0.889. The minimum Gasteiger partial charge on any atom is -0.481 e. The maximum atomic E-state index is 14.3. The van der Waals surface area contributed by atoms with Gasteiger partial charge in [0.25, 0.3) is 0 Å². The van der Waals surface area contributed by atoms with Crippen LogP contribution < -0.4 is 0 Å². The van der Waals surface area contributed by atoms with E-state index in [-0.39, 0.29) is 0 Å². The van der Waals surface area contributed by atoms with Gasteiger partial charge in [-0.2, -0.15) is 0 Å². The SMILES string of the molecule is Cc1cc(Br)c(F)c(C2(C(=O)O)CCCCC2)c1. The van der Waals surface area contributed by atoms with E-state index in [1.807, 2.05) is 6.92 Å². The molecule has 0 aliphatic heterocycles. The summed E-state index contributed by atoms with van der Waals surface area (Å²) in [6.45, 7) is 1.85. The summed E-state index contributed by atoms with van der Waals surface area (Å²) in [7, 11) is 0. The van der Waals surface area contributed by atoms with Crippen molar-refractivity contribution < 1.29 is 14.3 Å². The Morgan fingerprint density at radius 3 is 2.50 bits per heavy atom. The number of hydrogen-bond acceptors (Lipinski definition) is 1. The van der Waals surface area contributed by atoms with Gasteiger partial charge >= 0.3 is 5.97 Å².